The number of nitrogens with one attached hydrogen (secondary N) is 1. The molecule has 0 amide bonds. The lowest BCUT2D eigenvalue weighted by Gasteiger charge is -1.88. The Balaban J connectivity index is -0.0000000590. The Morgan fingerprint density at radius 3 is 0.867 bits per heavy atom. The van der Waals surface area contributed by atoms with Gasteiger partial charge < -0.3 is 14.0 Å². The molecule has 0 unspecified atom stereocenters. The highest BCUT2D eigenvalue weighted by Crippen LogP contribution is 1.58. The third-order valence-corrected chi connectivity index (χ3v) is 0. The Labute approximate surface area is 95.7 Å². The van der Waals surface area contributed by atoms with Crippen LogP contribution in [0.25, 0.3) is 0 Å². The van der Waals surface area contributed by atoms with Crippen molar-refractivity contribution in [2.24, 2.45) is 0 Å². The van der Waals surface area contributed by atoms with Crippen molar-refractivity contribution in [2.75, 3.05) is 21.1 Å². The van der Waals surface area contributed by atoms with Crippen LogP contribution < -0.4 is 4.90 Å². The van der Waals surface area contributed by atoms with Gasteiger partial charge in [0.25, 0.3) is 0 Å². The lowest BCUT2D eigenvalue weighted by molar-refractivity contribution is -0.836. The Morgan fingerprint density at radius 1 is 0.867 bits per heavy atom. The molecule has 0 heterocycles. The van der Waals surface area contributed by atoms with Crippen LogP contribution in [-0.4, -0.2) is 56.2 Å². The molecule has 0 aromatic rings. The van der Waals surface area contributed by atoms with E-state index in [1.165, 1.54) is 4.90 Å². The van der Waals surface area contributed by atoms with Gasteiger partial charge in [-0.2, -0.15) is 0 Å². The molecule has 0 saturated carbocycles. The molecular formula is C3H15NO8S3. The molecule has 3 N–H and O–H groups in total. The average molecular weight is 289 g/mol. The standard InChI is InChI=1S/C3H9N.2H2O4S.H2S/c1-4(2)3;2*1-5(2,3)4;/h1-3H3;2*(H2,1,2,3,4);1H2. The molecule has 0 fully saturated rings. The van der Waals surface area contributed by atoms with Crippen LogP contribution in [0.3, 0.4) is 0 Å². The maximum Gasteiger partial charge on any atom is 0.215 e. The summed E-state index contributed by atoms with van der Waals surface area (Å²) in [7, 11) is -3.58. The summed E-state index contributed by atoms with van der Waals surface area (Å²) < 4.78 is 65.7. The minimum absolute atomic E-state index is 0. The van der Waals surface area contributed by atoms with Gasteiger partial charge >= 0.3 is 0 Å². The highest BCUT2D eigenvalue weighted by atomic mass is 32.3. The lowest BCUT2D eigenvalue weighted by atomic mass is 11.0. The Morgan fingerprint density at radius 2 is 0.867 bits per heavy atom. The molecule has 0 saturated heterocycles. The van der Waals surface area contributed by atoms with Gasteiger partial charge in [0.1, 0.15) is 0 Å². The normalized spacial score (nSPS) is 10.1. The highest BCUT2D eigenvalue weighted by molar-refractivity contribution is 7.80. The number of rotatable bonds is 0. The summed E-state index contributed by atoms with van der Waals surface area (Å²) in [6.07, 6.45) is 0. The van der Waals surface area contributed by atoms with E-state index in [1.807, 2.05) is 0 Å². The first-order valence-corrected chi connectivity index (χ1v) is 5.60. The molecule has 0 atom stereocenters. The van der Waals surface area contributed by atoms with Gasteiger partial charge in [-0.25, -0.2) is 16.8 Å². The summed E-state index contributed by atoms with van der Waals surface area (Å²) in [5.74, 6) is 0. The third kappa shape index (κ3) is 816000. The molecule has 0 aliphatic rings. The summed E-state index contributed by atoms with van der Waals surface area (Å²) in [5, 5.41) is 0. The summed E-state index contributed by atoms with van der Waals surface area (Å²) in [6.45, 7) is 0. The van der Waals surface area contributed by atoms with Crippen LogP contribution in [0.2, 0.25) is 0 Å². The summed E-state index contributed by atoms with van der Waals surface area (Å²) in [5.41, 5.74) is 0. The van der Waals surface area contributed by atoms with Crippen LogP contribution in [0.1, 0.15) is 0 Å². The van der Waals surface area contributed by atoms with Gasteiger partial charge in [-0.15, -0.1) is 0 Å². The summed E-state index contributed by atoms with van der Waals surface area (Å²) >= 11 is 0. The zero-order chi connectivity index (χ0) is 12.6. The molecule has 0 aliphatic carbocycles. The number of hydrogen-bond donors (Lipinski definition) is 3. The molecule has 15 heavy (non-hydrogen) atoms. The second kappa shape index (κ2) is 10.6. The molecule has 12 heteroatoms. The first kappa shape index (κ1) is 24.3. The van der Waals surface area contributed by atoms with E-state index in [4.69, 9.17) is 35.0 Å². The smallest absolute Gasteiger partial charge is 0.215 e. The molecule has 0 bridgehead atoms. The second-order valence-electron chi connectivity index (χ2n) is 2.36. The van der Waals surface area contributed by atoms with E-state index in [0.717, 1.165) is 0 Å². The molecule has 0 aromatic carbocycles. The molecule has 0 aliphatic heterocycles. The zero-order valence-electron chi connectivity index (χ0n) is 8.24. The topological polar surface area (TPSA) is 159 Å². The van der Waals surface area contributed by atoms with Crippen LogP contribution in [0.15, 0.2) is 0 Å². The van der Waals surface area contributed by atoms with Crippen LogP contribution in [0.4, 0.5) is 0 Å². The van der Waals surface area contributed by atoms with Gasteiger partial charge in [0.05, 0.1) is 21.1 Å². The van der Waals surface area contributed by atoms with E-state index in [9.17, 15) is 0 Å². The molecule has 0 rings (SSSR count). The van der Waals surface area contributed by atoms with Gasteiger partial charge in [-0.1, -0.05) is 13.5 Å². The molecule has 98 valence electrons. The van der Waals surface area contributed by atoms with Crippen molar-refractivity contribution >= 4 is 34.3 Å². The van der Waals surface area contributed by atoms with Gasteiger partial charge in [0.2, 0.25) is 20.8 Å². The van der Waals surface area contributed by atoms with Crippen LogP contribution in [0, 0.1) is 0 Å². The third-order valence-electron chi connectivity index (χ3n) is 0. The van der Waals surface area contributed by atoms with E-state index in [0.29, 0.717) is 0 Å². The quantitative estimate of drug-likeness (QED) is 0.231. The number of hydrogen-bond acceptors (Lipinski definition) is 6. The van der Waals surface area contributed by atoms with E-state index in [-0.39, 0.29) is 13.5 Å². The fraction of sp³-hybridized carbons (Fsp3) is 1.00. The second-order valence-corrected chi connectivity index (χ2v) is 4.07. The maximum atomic E-state index is 8.63. The number of quaternary nitrogens is 1. The molecule has 0 spiro atoms. The SMILES string of the molecule is C[NH+](C)C.O=S(=O)([O-])O.O=S(=O)([O-])O.[SH3+]. The fourth-order valence-electron chi connectivity index (χ4n) is 0. The Hall–Kier alpha value is 0.0500. The van der Waals surface area contributed by atoms with Crippen LogP contribution >= 0.6 is 0 Å². The predicted molar refractivity (Wildman–Crippen MR) is 54.9 cm³/mol. The Kier molecular flexibility index (Phi) is 17.1. The van der Waals surface area contributed by atoms with Crippen LogP contribution in [0.5, 0.6) is 0 Å². The maximum absolute atomic E-state index is 8.63. The first-order chi connectivity index (χ1) is 5.73. The van der Waals surface area contributed by atoms with Gasteiger partial charge in [-0.3, -0.25) is 9.11 Å². The van der Waals surface area contributed by atoms with E-state index in [1.54, 1.807) is 0 Å². The fourth-order valence-corrected chi connectivity index (χ4v) is 0. The Bertz CT molecular complexity index is 255. The van der Waals surface area contributed by atoms with Gasteiger partial charge in [-0.05, 0) is 0 Å². The van der Waals surface area contributed by atoms with Crippen molar-refractivity contribution in [3.63, 3.8) is 0 Å². The summed E-state index contributed by atoms with van der Waals surface area (Å²) in [4.78, 5) is 1.42. The van der Waals surface area contributed by atoms with Crippen molar-refractivity contribution in [1.29, 1.82) is 0 Å². The molecule has 9 nitrogen and oxygen atoms in total. The van der Waals surface area contributed by atoms with Crippen molar-refractivity contribution < 1.29 is 39.9 Å². The largest absolute Gasteiger partial charge is 0.726 e. The van der Waals surface area contributed by atoms with Crippen molar-refractivity contribution in [3.8, 4) is 0 Å². The van der Waals surface area contributed by atoms with Crippen molar-refractivity contribution in [3.05, 3.63) is 0 Å². The van der Waals surface area contributed by atoms with E-state index < -0.39 is 20.8 Å². The minimum Gasteiger partial charge on any atom is -0.726 e. The molecular weight excluding hydrogens is 274 g/mol. The molecule has 0 aromatic heterocycles. The average Bonchev–Trinajstić information content (AvgIpc) is 1.45. The van der Waals surface area contributed by atoms with Gasteiger partial charge in [0.15, 0.2) is 0 Å². The van der Waals surface area contributed by atoms with E-state index >= 15 is 0 Å². The lowest BCUT2D eigenvalue weighted by Crippen LogP contribution is -3.02. The summed E-state index contributed by atoms with van der Waals surface area (Å²) in [6, 6.07) is 0. The van der Waals surface area contributed by atoms with Crippen LogP contribution in [-0.2, 0) is 34.3 Å². The van der Waals surface area contributed by atoms with E-state index in [2.05, 4.69) is 21.1 Å². The van der Waals surface area contributed by atoms with Crippen molar-refractivity contribution in [1.82, 2.24) is 0 Å². The highest BCUT2D eigenvalue weighted by Gasteiger charge is 1.68. The van der Waals surface area contributed by atoms with Crippen molar-refractivity contribution in [2.45, 2.75) is 0 Å². The minimum atomic E-state index is -4.92. The first-order valence-electron chi connectivity index (χ1n) is 2.87. The van der Waals surface area contributed by atoms with Gasteiger partial charge in [0, 0.05) is 0 Å². The molecule has 0 radical (unpaired) electrons. The zero-order valence-corrected chi connectivity index (χ0v) is 11.0. The monoisotopic (exact) mass is 289 g/mol. The predicted octanol–water partition coefficient (Wildman–Crippen LogP) is -4.04.